The van der Waals surface area contributed by atoms with Gasteiger partial charge in [0.1, 0.15) is 0 Å². The molecular weight excluding hydrogens is 410 g/mol. The van der Waals surface area contributed by atoms with E-state index in [0.717, 1.165) is 31.4 Å². The van der Waals surface area contributed by atoms with Gasteiger partial charge in [0.2, 0.25) is 0 Å². The first kappa shape index (κ1) is 19.3. The van der Waals surface area contributed by atoms with Crippen LogP contribution in [0.5, 0.6) is 0 Å². The molecule has 3 heteroatoms. The summed E-state index contributed by atoms with van der Waals surface area (Å²) in [7, 11) is 0. The number of aryl methyl sites for hydroxylation is 1. The van der Waals surface area contributed by atoms with Gasteiger partial charge in [0.25, 0.3) is 0 Å². The van der Waals surface area contributed by atoms with Gasteiger partial charge >= 0.3 is 0 Å². The molecule has 0 amide bonds. The van der Waals surface area contributed by atoms with E-state index in [9.17, 15) is 4.79 Å². The highest BCUT2D eigenvalue weighted by molar-refractivity contribution is 7.24. The molecule has 0 unspecified atom stereocenters. The van der Waals surface area contributed by atoms with Crippen molar-refractivity contribution in [2.24, 2.45) is 0 Å². The molecule has 5 aromatic rings. The van der Waals surface area contributed by atoms with Crippen LogP contribution in [-0.2, 0) is 5.41 Å². The minimum Gasteiger partial charge on any atom is -0.310 e. The third-order valence-electron chi connectivity index (χ3n) is 6.70. The smallest absolute Gasteiger partial charge is 0.195 e. The highest BCUT2D eigenvalue weighted by atomic mass is 32.1. The second kappa shape index (κ2) is 6.78. The van der Waals surface area contributed by atoms with Crippen LogP contribution in [-0.4, -0.2) is 0 Å². The fourth-order valence-corrected chi connectivity index (χ4v) is 6.08. The highest BCUT2D eigenvalue weighted by Crippen LogP contribution is 2.51. The Kier molecular flexibility index (Phi) is 4.08. The number of benzene rings is 4. The van der Waals surface area contributed by atoms with Crippen molar-refractivity contribution >= 4 is 48.6 Å². The predicted molar refractivity (Wildman–Crippen MR) is 137 cm³/mol. The molecule has 4 aromatic carbocycles. The zero-order valence-corrected chi connectivity index (χ0v) is 19.2. The van der Waals surface area contributed by atoms with Crippen LogP contribution in [0, 0.1) is 6.92 Å². The SMILES string of the molecule is Cc1ccc2sc3ccc(N4c5ccccc5C(C)(C)c5ccccc54)cc3c(=O)c2c1. The van der Waals surface area contributed by atoms with E-state index in [1.807, 2.05) is 13.0 Å². The summed E-state index contributed by atoms with van der Waals surface area (Å²) in [5.41, 5.74) is 7.06. The van der Waals surface area contributed by atoms with Crippen molar-refractivity contribution in [2.75, 3.05) is 4.90 Å². The Hall–Kier alpha value is -3.43. The lowest BCUT2D eigenvalue weighted by atomic mass is 9.73. The molecule has 0 saturated carbocycles. The van der Waals surface area contributed by atoms with E-state index in [-0.39, 0.29) is 10.8 Å². The number of nitrogens with zero attached hydrogens (tertiary/aromatic N) is 1. The van der Waals surface area contributed by atoms with Gasteiger partial charge in [-0.2, -0.15) is 0 Å². The summed E-state index contributed by atoms with van der Waals surface area (Å²) in [6.45, 7) is 6.61. The molecule has 156 valence electrons. The van der Waals surface area contributed by atoms with Gasteiger partial charge in [0.05, 0.1) is 11.4 Å². The number of hydrogen-bond donors (Lipinski definition) is 0. The van der Waals surface area contributed by atoms with Crippen LogP contribution < -0.4 is 10.3 Å². The number of fused-ring (bicyclic) bond motifs is 4. The van der Waals surface area contributed by atoms with Crippen molar-refractivity contribution in [3.8, 4) is 0 Å². The maximum absolute atomic E-state index is 13.5. The average Bonchev–Trinajstić information content (AvgIpc) is 2.80. The topological polar surface area (TPSA) is 20.3 Å². The molecule has 0 fully saturated rings. The molecule has 32 heavy (non-hydrogen) atoms. The average molecular weight is 434 g/mol. The van der Waals surface area contributed by atoms with Crippen molar-refractivity contribution in [1.82, 2.24) is 0 Å². The van der Waals surface area contributed by atoms with E-state index in [2.05, 4.69) is 97.6 Å². The molecule has 0 aliphatic carbocycles. The lowest BCUT2D eigenvalue weighted by Gasteiger charge is -2.42. The van der Waals surface area contributed by atoms with Crippen molar-refractivity contribution in [1.29, 1.82) is 0 Å². The Morgan fingerprint density at radius 3 is 1.94 bits per heavy atom. The normalized spacial score (nSPS) is 14.4. The monoisotopic (exact) mass is 433 g/mol. The van der Waals surface area contributed by atoms with Crippen molar-refractivity contribution < 1.29 is 0 Å². The van der Waals surface area contributed by atoms with Gasteiger partial charge in [-0.3, -0.25) is 4.79 Å². The molecule has 2 nitrogen and oxygen atoms in total. The maximum Gasteiger partial charge on any atom is 0.195 e. The van der Waals surface area contributed by atoms with Crippen LogP contribution >= 0.6 is 11.3 Å². The summed E-state index contributed by atoms with van der Waals surface area (Å²) >= 11 is 1.68. The minimum absolute atomic E-state index is 0.0972. The molecule has 0 radical (unpaired) electrons. The Bertz CT molecular complexity index is 1550. The van der Waals surface area contributed by atoms with Crippen LogP contribution in [0.2, 0.25) is 0 Å². The first-order chi connectivity index (χ1) is 15.4. The zero-order valence-electron chi connectivity index (χ0n) is 18.3. The Labute approximate surface area is 191 Å². The molecule has 0 bridgehead atoms. The van der Waals surface area contributed by atoms with E-state index < -0.39 is 0 Å². The Balaban J connectivity index is 1.65. The molecule has 2 heterocycles. The zero-order chi connectivity index (χ0) is 22.0. The van der Waals surface area contributed by atoms with Crippen LogP contribution in [0.3, 0.4) is 0 Å². The van der Waals surface area contributed by atoms with E-state index in [1.54, 1.807) is 11.3 Å². The minimum atomic E-state index is -0.0972. The van der Waals surface area contributed by atoms with Crippen molar-refractivity contribution in [3.63, 3.8) is 0 Å². The lowest BCUT2D eigenvalue weighted by molar-refractivity contribution is 0.632. The quantitative estimate of drug-likeness (QED) is 0.251. The van der Waals surface area contributed by atoms with E-state index in [0.29, 0.717) is 0 Å². The number of para-hydroxylation sites is 2. The van der Waals surface area contributed by atoms with Gasteiger partial charge in [-0.25, -0.2) is 0 Å². The molecule has 0 spiro atoms. The fourth-order valence-electron chi connectivity index (χ4n) is 5.04. The van der Waals surface area contributed by atoms with Gasteiger partial charge in [-0.15, -0.1) is 11.3 Å². The second-order valence-corrected chi connectivity index (χ2v) is 10.2. The fraction of sp³-hybridized carbons (Fsp3) is 0.138. The first-order valence-corrected chi connectivity index (χ1v) is 11.7. The standard InChI is InChI=1S/C29H23NOS/c1-18-12-14-26-20(16-18)28(31)21-17-19(13-15-27(21)32-26)30-24-10-6-4-8-22(24)29(2,3)23-9-5-7-11-25(23)30/h4-17H,1-3H3. The number of rotatable bonds is 1. The molecule has 1 aromatic heterocycles. The predicted octanol–water partition coefficient (Wildman–Crippen LogP) is 7.83. The third kappa shape index (κ3) is 2.68. The van der Waals surface area contributed by atoms with Crippen LogP contribution in [0.15, 0.2) is 89.7 Å². The second-order valence-electron chi connectivity index (χ2n) is 9.11. The summed E-state index contributed by atoms with van der Waals surface area (Å²) in [5, 5.41) is 1.59. The highest BCUT2D eigenvalue weighted by Gasteiger charge is 2.36. The molecule has 0 atom stereocenters. The Morgan fingerprint density at radius 1 is 0.719 bits per heavy atom. The lowest BCUT2D eigenvalue weighted by Crippen LogP contribution is -2.30. The van der Waals surface area contributed by atoms with Crippen LogP contribution in [0.25, 0.3) is 20.2 Å². The molecule has 1 aliphatic heterocycles. The molecule has 0 saturated heterocycles. The Morgan fingerprint density at radius 2 is 1.28 bits per heavy atom. The summed E-state index contributed by atoms with van der Waals surface area (Å²) in [5.74, 6) is 0. The number of hydrogen-bond acceptors (Lipinski definition) is 3. The maximum atomic E-state index is 13.5. The summed E-state index contributed by atoms with van der Waals surface area (Å²) in [4.78, 5) is 15.8. The van der Waals surface area contributed by atoms with Crippen molar-refractivity contribution in [3.05, 3.63) is 112 Å². The van der Waals surface area contributed by atoms with Crippen LogP contribution in [0.1, 0.15) is 30.5 Å². The van der Waals surface area contributed by atoms with Gasteiger partial charge in [-0.1, -0.05) is 61.9 Å². The molecule has 0 N–H and O–H groups in total. The summed E-state index contributed by atoms with van der Waals surface area (Å²) in [6.07, 6.45) is 0. The van der Waals surface area contributed by atoms with Gasteiger partial charge in [-0.05, 0) is 60.5 Å². The van der Waals surface area contributed by atoms with Gasteiger partial charge < -0.3 is 4.90 Å². The van der Waals surface area contributed by atoms with Crippen molar-refractivity contribution in [2.45, 2.75) is 26.2 Å². The summed E-state index contributed by atoms with van der Waals surface area (Å²) in [6, 6.07) is 29.7. The molecular formula is C29H23NOS. The largest absolute Gasteiger partial charge is 0.310 e. The molecule has 6 rings (SSSR count). The van der Waals surface area contributed by atoms with E-state index in [1.165, 1.54) is 22.5 Å². The number of anilines is 3. The van der Waals surface area contributed by atoms with E-state index in [4.69, 9.17) is 0 Å². The summed E-state index contributed by atoms with van der Waals surface area (Å²) < 4.78 is 2.06. The van der Waals surface area contributed by atoms with Gasteiger partial charge in [0, 0.05) is 31.3 Å². The first-order valence-electron chi connectivity index (χ1n) is 10.9. The van der Waals surface area contributed by atoms with Gasteiger partial charge in [0.15, 0.2) is 5.43 Å². The molecule has 1 aliphatic rings. The van der Waals surface area contributed by atoms with Crippen LogP contribution in [0.4, 0.5) is 17.1 Å². The van der Waals surface area contributed by atoms with E-state index >= 15 is 0 Å². The third-order valence-corrected chi connectivity index (χ3v) is 7.85.